The molecule has 0 spiro atoms. The molecule has 0 aliphatic carbocycles. The van der Waals surface area contributed by atoms with Crippen LogP contribution in [0.1, 0.15) is 22.8 Å². The van der Waals surface area contributed by atoms with E-state index in [0.717, 1.165) is 35.7 Å². The van der Waals surface area contributed by atoms with E-state index in [-0.39, 0.29) is 17.6 Å². The molecule has 0 radical (unpaired) electrons. The molecule has 1 saturated heterocycles. The molecule has 21 heavy (non-hydrogen) atoms. The first-order valence-electron chi connectivity index (χ1n) is 7.10. The molecule has 1 unspecified atom stereocenters. The molecule has 1 fully saturated rings. The third-order valence-electron chi connectivity index (χ3n) is 4.07. The minimum absolute atomic E-state index is 0.0459. The summed E-state index contributed by atoms with van der Waals surface area (Å²) in [5, 5.41) is 9.04. The number of fused-ring (bicyclic) bond motifs is 1. The Labute approximate surface area is 127 Å². The zero-order valence-corrected chi connectivity index (χ0v) is 12.7. The van der Waals surface area contributed by atoms with Gasteiger partial charge in [0.1, 0.15) is 0 Å². The van der Waals surface area contributed by atoms with Gasteiger partial charge in [0, 0.05) is 36.3 Å². The SMILES string of the molecule is CC1CSCCN1C(=O)N1CCc2cc(C(=O)O)ccc21. The van der Waals surface area contributed by atoms with Crippen molar-refractivity contribution >= 4 is 29.4 Å². The standard InChI is InChI=1S/C15H18N2O3S/c1-10-9-21-7-6-16(10)15(20)17-5-4-11-8-12(14(18)19)2-3-13(11)17/h2-3,8,10H,4-7,9H2,1H3,(H,18,19). The quantitative estimate of drug-likeness (QED) is 0.865. The highest BCUT2D eigenvalue weighted by atomic mass is 32.2. The Bertz CT molecular complexity index is 590. The van der Waals surface area contributed by atoms with E-state index in [1.807, 2.05) is 16.7 Å². The molecule has 112 valence electrons. The number of hydrogen-bond donors (Lipinski definition) is 1. The molecule has 1 atom stereocenters. The van der Waals surface area contributed by atoms with E-state index in [2.05, 4.69) is 6.92 Å². The fourth-order valence-corrected chi connectivity index (χ4v) is 3.91. The zero-order chi connectivity index (χ0) is 15.0. The lowest BCUT2D eigenvalue weighted by molar-refractivity contribution is 0.0697. The number of nitrogens with zero attached hydrogens (tertiary/aromatic N) is 2. The van der Waals surface area contributed by atoms with Gasteiger partial charge in [0.05, 0.1) is 5.56 Å². The van der Waals surface area contributed by atoms with E-state index in [1.165, 1.54) is 0 Å². The van der Waals surface area contributed by atoms with Crippen LogP contribution in [-0.2, 0) is 6.42 Å². The largest absolute Gasteiger partial charge is 0.478 e. The predicted molar refractivity (Wildman–Crippen MR) is 83.3 cm³/mol. The van der Waals surface area contributed by atoms with Gasteiger partial charge in [0.25, 0.3) is 0 Å². The Morgan fingerprint density at radius 2 is 2.14 bits per heavy atom. The molecule has 0 saturated carbocycles. The molecule has 2 aliphatic rings. The van der Waals surface area contributed by atoms with E-state index in [9.17, 15) is 9.59 Å². The van der Waals surface area contributed by atoms with Gasteiger partial charge < -0.3 is 10.0 Å². The molecule has 0 aromatic heterocycles. The van der Waals surface area contributed by atoms with Crippen LogP contribution in [0.25, 0.3) is 0 Å². The highest BCUT2D eigenvalue weighted by molar-refractivity contribution is 7.99. The number of hydrogen-bond acceptors (Lipinski definition) is 3. The topological polar surface area (TPSA) is 60.9 Å². The maximum absolute atomic E-state index is 12.7. The van der Waals surface area contributed by atoms with Crippen LogP contribution in [0.15, 0.2) is 18.2 Å². The summed E-state index contributed by atoms with van der Waals surface area (Å²) < 4.78 is 0. The van der Waals surface area contributed by atoms with Gasteiger partial charge in [0.2, 0.25) is 0 Å². The van der Waals surface area contributed by atoms with E-state index in [1.54, 1.807) is 23.1 Å². The summed E-state index contributed by atoms with van der Waals surface area (Å²) >= 11 is 1.88. The number of carbonyl (C=O) groups excluding carboxylic acids is 1. The van der Waals surface area contributed by atoms with Gasteiger partial charge in [0.15, 0.2) is 0 Å². The second-order valence-electron chi connectivity index (χ2n) is 5.45. The fraction of sp³-hybridized carbons (Fsp3) is 0.467. The molecule has 2 amide bonds. The smallest absolute Gasteiger partial charge is 0.335 e. The number of carboxylic acid groups (broad SMARTS) is 1. The van der Waals surface area contributed by atoms with Crippen LogP contribution >= 0.6 is 11.8 Å². The lowest BCUT2D eigenvalue weighted by atomic mass is 10.1. The van der Waals surface area contributed by atoms with Crippen LogP contribution in [0.5, 0.6) is 0 Å². The summed E-state index contributed by atoms with van der Waals surface area (Å²) in [6, 6.07) is 5.30. The highest BCUT2D eigenvalue weighted by Crippen LogP contribution is 2.31. The molecular formula is C15H18N2O3S. The summed E-state index contributed by atoms with van der Waals surface area (Å²) in [6.07, 6.45) is 0.721. The molecule has 1 N–H and O–H groups in total. The van der Waals surface area contributed by atoms with Crippen LogP contribution in [0, 0.1) is 0 Å². The summed E-state index contributed by atoms with van der Waals surface area (Å²) in [5.41, 5.74) is 2.09. The van der Waals surface area contributed by atoms with Crippen molar-refractivity contribution in [2.75, 3.05) is 29.5 Å². The van der Waals surface area contributed by atoms with Crippen LogP contribution in [0.4, 0.5) is 10.5 Å². The number of rotatable bonds is 1. The van der Waals surface area contributed by atoms with Gasteiger partial charge in [-0.2, -0.15) is 11.8 Å². The van der Waals surface area contributed by atoms with Crippen LogP contribution in [-0.4, -0.2) is 52.6 Å². The molecule has 1 aromatic rings. The summed E-state index contributed by atoms with van der Waals surface area (Å²) in [6.45, 7) is 3.49. The van der Waals surface area contributed by atoms with E-state index >= 15 is 0 Å². The van der Waals surface area contributed by atoms with Crippen molar-refractivity contribution < 1.29 is 14.7 Å². The maximum atomic E-state index is 12.7. The average Bonchev–Trinajstić information content (AvgIpc) is 2.90. The molecule has 5 nitrogen and oxygen atoms in total. The lowest BCUT2D eigenvalue weighted by Gasteiger charge is -2.36. The van der Waals surface area contributed by atoms with Crippen molar-refractivity contribution in [3.05, 3.63) is 29.3 Å². The number of urea groups is 1. The molecule has 1 aromatic carbocycles. The highest BCUT2D eigenvalue weighted by Gasteiger charge is 2.32. The summed E-state index contributed by atoms with van der Waals surface area (Å²) in [4.78, 5) is 27.4. The van der Waals surface area contributed by atoms with Crippen LogP contribution in [0.2, 0.25) is 0 Å². The van der Waals surface area contributed by atoms with Gasteiger partial charge in [-0.05, 0) is 37.1 Å². The Hall–Kier alpha value is -1.69. The number of aromatic carboxylic acids is 1. The van der Waals surface area contributed by atoms with Gasteiger partial charge >= 0.3 is 12.0 Å². The number of carboxylic acids is 1. The summed E-state index contributed by atoms with van der Waals surface area (Å²) in [7, 11) is 0. The van der Waals surface area contributed by atoms with Crippen molar-refractivity contribution in [3.63, 3.8) is 0 Å². The number of carbonyl (C=O) groups is 2. The third kappa shape index (κ3) is 2.60. The minimum Gasteiger partial charge on any atom is -0.478 e. The van der Waals surface area contributed by atoms with E-state index < -0.39 is 5.97 Å². The molecule has 2 aliphatic heterocycles. The second kappa shape index (κ2) is 5.60. The number of amides is 2. The average molecular weight is 306 g/mol. The van der Waals surface area contributed by atoms with Crippen molar-refractivity contribution in [2.24, 2.45) is 0 Å². The first kappa shape index (κ1) is 14.3. The maximum Gasteiger partial charge on any atom is 0.335 e. The minimum atomic E-state index is -0.927. The first-order valence-corrected chi connectivity index (χ1v) is 8.25. The van der Waals surface area contributed by atoms with E-state index in [0.29, 0.717) is 6.54 Å². The van der Waals surface area contributed by atoms with Gasteiger partial charge in [-0.1, -0.05) is 0 Å². The number of thioether (sulfide) groups is 1. The Balaban J connectivity index is 1.83. The van der Waals surface area contributed by atoms with Gasteiger partial charge in [-0.15, -0.1) is 0 Å². The fourth-order valence-electron chi connectivity index (χ4n) is 2.90. The van der Waals surface area contributed by atoms with E-state index in [4.69, 9.17) is 5.11 Å². The zero-order valence-electron chi connectivity index (χ0n) is 11.9. The number of benzene rings is 1. The Morgan fingerprint density at radius 3 is 2.86 bits per heavy atom. The molecular weight excluding hydrogens is 288 g/mol. The Kier molecular flexibility index (Phi) is 3.80. The molecule has 0 bridgehead atoms. The normalized spacial score (nSPS) is 21.3. The monoisotopic (exact) mass is 306 g/mol. The van der Waals surface area contributed by atoms with Crippen molar-refractivity contribution in [1.82, 2.24) is 4.90 Å². The predicted octanol–water partition coefficient (Wildman–Crippen LogP) is 2.30. The van der Waals surface area contributed by atoms with Gasteiger partial charge in [-0.25, -0.2) is 9.59 Å². The molecule has 3 rings (SSSR count). The van der Waals surface area contributed by atoms with Crippen LogP contribution < -0.4 is 4.90 Å². The summed E-state index contributed by atoms with van der Waals surface area (Å²) in [5.74, 6) is 1.03. The second-order valence-corrected chi connectivity index (χ2v) is 6.60. The third-order valence-corrected chi connectivity index (χ3v) is 5.26. The molecule has 6 heteroatoms. The first-order chi connectivity index (χ1) is 10.1. The Morgan fingerprint density at radius 1 is 1.33 bits per heavy atom. The van der Waals surface area contributed by atoms with Gasteiger partial charge in [-0.3, -0.25) is 4.90 Å². The van der Waals surface area contributed by atoms with Crippen molar-refractivity contribution in [2.45, 2.75) is 19.4 Å². The van der Waals surface area contributed by atoms with Crippen molar-refractivity contribution in [1.29, 1.82) is 0 Å². The molecule has 2 heterocycles. The lowest BCUT2D eigenvalue weighted by Crippen LogP contribution is -2.50. The van der Waals surface area contributed by atoms with Crippen LogP contribution in [0.3, 0.4) is 0 Å². The van der Waals surface area contributed by atoms with Crippen molar-refractivity contribution in [3.8, 4) is 0 Å². The number of anilines is 1.